The second kappa shape index (κ2) is 6.72. The Hall–Kier alpha value is -3.61. The van der Waals surface area contributed by atoms with Crippen LogP contribution in [0.15, 0.2) is 61.2 Å². The zero-order valence-electron chi connectivity index (χ0n) is 13.9. The molecule has 4 rings (SSSR count). The molecule has 130 valence electrons. The van der Waals surface area contributed by atoms with Crippen LogP contribution in [0.1, 0.15) is 5.69 Å². The molecule has 0 atom stereocenters. The van der Waals surface area contributed by atoms with E-state index in [0.29, 0.717) is 35.6 Å². The molecule has 0 spiro atoms. The van der Waals surface area contributed by atoms with Gasteiger partial charge in [-0.05, 0) is 24.3 Å². The van der Waals surface area contributed by atoms with Crippen molar-refractivity contribution >= 4 is 16.6 Å². The number of aromatic hydroxyl groups is 1. The third-order valence-electron chi connectivity index (χ3n) is 4.03. The number of aromatic nitrogens is 4. The van der Waals surface area contributed by atoms with Gasteiger partial charge in [-0.3, -0.25) is 4.57 Å². The summed E-state index contributed by atoms with van der Waals surface area (Å²) in [7, 11) is 0. The Morgan fingerprint density at radius 2 is 1.92 bits per heavy atom. The first-order chi connectivity index (χ1) is 12.7. The van der Waals surface area contributed by atoms with Crippen LogP contribution in [0, 0.1) is 0 Å². The molecule has 0 radical (unpaired) electrons. The Bertz CT molecular complexity index is 1030. The normalized spacial score (nSPS) is 10.9. The molecule has 0 aliphatic carbocycles. The zero-order valence-corrected chi connectivity index (χ0v) is 13.9. The summed E-state index contributed by atoms with van der Waals surface area (Å²) in [6, 6.07) is 12.8. The highest BCUT2D eigenvalue weighted by molar-refractivity contribution is 5.95. The monoisotopic (exact) mass is 347 g/mol. The molecule has 26 heavy (non-hydrogen) atoms. The fraction of sp³-hybridized carbons (Fsp3) is 0.105. The van der Waals surface area contributed by atoms with Crippen molar-refractivity contribution in [1.29, 1.82) is 0 Å². The highest BCUT2D eigenvalue weighted by Gasteiger charge is 2.14. The maximum Gasteiger partial charge on any atom is 0.235 e. The van der Waals surface area contributed by atoms with Crippen LogP contribution in [-0.4, -0.2) is 31.2 Å². The van der Waals surface area contributed by atoms with E-state index in [1.54, 1.807) is 29.4 Å². The molecule has 0 bridgehead atoms. The topological polar surface area (TPSA) is 99.1 Å². The minimum Gasteiger partial charge on any atom is -0.506 e. The van der Waals surface area contributed by atoms with Crippen molar-refractivity contribution in [3.05, 3.63) is 66.9 Å². The molecule has 0 saturated carbocycles. The van der Waals surface area contributed by atoms with Crippen LogP contribution in [0.3, 0.4) is 0 Å². The van der Waals surface area contributed by atoms with E-state index in [0.717, 1.165) is 5.75 Å². The number of para-hydroxylation sites is 1. The van der Waals surface area contributed by atoms with E-state index in [-0.39, 0.29) is 11.4 Å². The van der Waals surface area contributed by atoms with Crippen LogP contribution in [0.2, 0.25) is 0 Å². The number of anilines is 1. The second-order valence-corrected chi connectivity index (χ2v) is 5.74. The van der Waals surface area contributed by atoms with Gasteiger partial charge < -0.3 is 15.6 Å². The molecule has 0 aliphatic rings. The SMILES string of the molecule is Nc1c(O)ccc2nc(-n3ccnc3)nc(CCOc3ccccc3)c12. The van der Waals surface area contributed by atoms with E-state index >= 15 is 0 Å². The molecule has 7 nitrogen and oxygen atoms in total. The maximum atomic E-state index is 9.97. The molecule has 2 aromatic carbocycles. The molecule has 7 heteroatoms. The molecule has 0 amide bonds. The van der Waals surface area contributed by atoms with Crippen LogP contribution in [0.4, 0.5) is 5.69 Å². The Morgan fingerprint density at radius 1 is 1.08 bits per heavy atom. The number of nitrogens with zero attached hydrogens (tertiary/aromatic N) is 4. The number of phenolic OH excluding ortho intramolecular Hbond substituents is 1. The van der Waals surface area contributed by atoms with E-state index in [1.807, 2.05) is 30.3 Å². The minimum absolute atomic E-state index is 0.0155. The number of benzene rings is 2. The lowest BCUT2D eigenvalue weighted by Crippen LogP contribution is -2.09. The van der Waals surface area contributed by atoms with Crippen molar-refractivity contribution in [2.24, 2.45) is 0 Å². The largest absolute Gasteiger partial charge is 0.506 e. The summed E-state index contributed by atoms with van der Waals surface area (Å²) in [5, 5.41) is 10.6. The summed E-state index contributed by atoms with van der Waals surface area (Å²) < 4.78 is 7.50. The van der Waals surface area contributed by atoms with Gasteiger partial charge in [0.15, 0.2) is 0 Å². The first kappa shape index (κ1) is 15.9. The molecule has 0 aliphatic heterocycles. The van der Waals surface area contributed by atoms with E-state index < -0.39 is 0 Å². The standard InChI is InChI=1S/C19H17N5O2/c20-18-16(25)7-6-14-17(18)15(8-11-26-13-4-2-1-3-5-13)23-19(22-14)24-10-9-21-12-24/h1-7,9-10,12,25H,8,11,20H2. The van der Waals surface area contributed by atoms with Crippen molar-refractivity contribution in [2.45, 2.75) is 6.42 Å². The summed E-state index contributed by atoms with van der Waals surface area (Å²) in [6.07, 6.45) is 5.59. The van der Waals surface area contributed by atoms with Gasteiger partial charge in [0.2, 0.25) is 5.95 Å². The first-order valence-corrected chi connectivity index (χ1v) is 8.16. The quantitative estimate of drug-likeness (QED) is 0.425. The number of ether oxygens (including phenoxy) is 1. The minimum atomic E-state index is 0.0155. The van der Waals surface area contributed by atoms with Gasteiger partial charge in [-0.25, -0.2) is 15.0 Å². The smallest absolute Gasteiger partial charge is 0.235 e. The summed E-state index contributed by atoms with van der Waals surface area (Å²) in [5.74, 6) is 1.30. The summed E-state index contributed by atoms with van der Waals surface area (Å²) in [6.45, 7) is 0.425. The lowest BCUT2D eigenvalue weighted by atomic mass is 10.1. The fourth-order valence-corrected chi connectivity index (χ4v) is 2.76. The molecule has 0 fully saturated rings. The third kappa shape index (κ3) is 3.02. The van der Waals surface area contributed by atoms with Crippen molar-refractivity contribution in [1.82, 2.24) is 19.5 Å². The number of imidazole rings is 1. The van der Waals surface area contributed by atoms with Gasteiger partial charge in [-0.1, -0.05) is 18.2 Å². The maximum absolute atomic E-state index is 9.97. The molecule has 4 aromatic rings. The van der Waals surface area contributed by atoms with Gasteiger partial charge in [-0.2, -0.15) is 0 Å². The second-order valence-electron chi connectivity index (χ2n) is 5.74. The predicted molar refractivity (Wildman–Crippen MR) is 98.4 cm³/mol. The number of hydrogen-bond donors (Lipinski definition) is 2. The Kier molecular flexibility index (Phi) is 4.10. The van der Waals surface area contributed by atoms with Gasteiger partial charge >= 0.3 is 0 Å². The average molecular weight is 347 g/mol. The number of fused-ring (bicyclic) bond motifs is 1. The molecule has 3 N–H and O–H groups in total. The van der Waals surface area contributed by atoms with Gasteiger partial charge in [0.25, 0.3) is 0 Å². The number of phenols is 1. The molecule has 2 heterocycles. The lowest BCUT2D eigenvalue weighted by molar-refractivity contribution is 0.321. The summed E-state index contributed by atoms with van der Waals surface area (Å²) >= 11 is 0. The third-order valence-corrected chi connectivity index (χ3v) is 4.03. The van der Waals surface area contributed by atoms with Crippen molar-refractivity contribution < 1.29 is 9.84 Å². The van der Waals surface area contributed by atoms with Crippen molar-refractivity contribution in [3.63, 3.8) is 0 Å². The highest BCUT2D eigenvalue weighted by atomic mass is 16.5. The van der Waals surface area contributed by atoms with Crippen LogP contribution in [0.25, 0.3) is 16.9 Å². The molecule has 2 aromatic heterocycles. The number of rotatable bonds is 5. The fourth-order valence-electron chi connectivity index (χ4n) is 2.76. The molecular weight excluding hydrogens is 330 g/mol. The zero-order chi connectivity index (χ0) is 17.9. The Balaban J connectivity index is 1.71. The van der Waals surface area contributed by atoms with Gasteiger partial charge in [0, 0.05) is 24.2 Å². The van der Waals surface area contributed by atoms with Crippen LogP contribution in [0.5, 0.6) is 11.5 Å². The molecule has 0 saturated heterocycles. The number of nitrogens with two attached hydrogens (primary N) is 1. The predicted octanol–water partition coefficient (Wildman–Crippen LogP) is 2.72. The highest BCUT2D eigenvalue weighted by Crippen LogP contribution is 2.31. The molecule has 0 unspecified atom stereocenters. The Labute approximate surface area is 149 Å². The van der Waals surface area contributed by atoms with E-state index in [9.17, 15) is 5.11 Å². The van der Waals surface area contributed by atoms with Gasteiger partial charge in [-0.15, -0.1) is 0 Å². The van der Waals surface area contributed by atoms with E-state index in [1.165, 1.54) is 6.07 Å². The van der Waals surface area contributed by atoms with Crippen LogP contribution >= 0.6 is 0 Å². The van der Waals surface area contributed by atoms with E-state index in [4.69, 9.17) is 10.5 Å². The number of nitrogen functional groups attached to an aromatic ring is 1. The van der Waals surface area contributed by atoms with Crippen LogP contribution < -0.4 is 10.5 Å². The van der Waals surface area contributed by atoms with Gasteiger partial charge in [0.05, 0.1) is 23.5 Å². The summed E-state index contributed by atoms with van der Waals surface area (Å²) in [4.78, 5) is 13.2. The van der Waals surface area contributed by atoms with Gasteiger partial charge in [0.1, 0.15) is 17.8 Å². The first-order valence-electron chi connectivity index (χ1n) is 8.16. The van der Waals surface area contributed by atoms with Crippen molar-refractivity contribution in [3.8, 4) is 17.4 Å². The van der Waals surface area contributed by atoms with E-state index in [2.05, 4.69) is 15.0 Å². The van der Waals surface area contributed by atoms with Crippen molar-refractivity contribution in [2.75, 3.05) is 12.3 Å². The number of hydrogen-bond acceptors (Lipinski definition) is 6. The summed E-state index contributed by atoms with van der Waals surface area (Å²) in [5.41, 5.74) is 7.73. The Morgan fingerprint density at radius 3 is 2.69 bits per heavy atom. The average Bonchev–Trinajstić information content (AvgIpc) is 3.20. The van der Waals surface area contributed by atoms with Crippen LogP contribution in [-0.2, 0) is 6.42 Å². The lowest BCUT2D eigenvalue weighted by Gasteiger charge is -2.12. The molecular formula is C19H17N5O2.